The lowest BCUT2D eigenvalue weighted by Gasteiger charge is -2.36. The maximum Gasteiger partial charge on any atom is 0.308 e. The van der Waals surface area contributed by atoms with E-state index >= 15 is 0 Å². The van der Waals surface area contributed by atoms with Crippen LogP contribution in [0.3, 0.4) is 0 Å². The third-order valence-corrected chi connectivity index (χ3v) is 3.76. The van der Waals surface area contributed by atoms with E-state index in [1.54, 1.807) is 0 Å². The van der Waals surface area contributed by atoms with E-state index in [0.717, 1.165) is 4.68 Å². The second-order valence-corrected chi connectivity index (χ2v) is 5.43. The highest BCUT2D eigenvalue weighted by molar-refractivity contribution is 6.33. The lowest BCUT2D eigenvalue weighted by molar-refractivity contribution is -0.142. The quantitative estimate of drug-likeness (QED) is 0.877. The molecule has 1 saturated heterocycles. The normalized spacial score (nSPS) is 23.4. The fraction of sp³-hybridized carbons (Fsp3) is 0.583. The van der Waals surface area contributed by atoms with Crippen LogP contribution >= 0.6 is 11.6 Å². The lowest BCUT2D eigenvalue weighted by atomic mass is 9.90. The van der Waals surface area contributed by atoms with E-state index in [1.165, 1.54) is 13.2 Å². The number of halogens is 1. The number of hydrogen-bond donors (Lipinski definition) is 1. The summed E-state index contributed by atoms with van der Waals surface area (Å²) in [5.41, 5.74) is 0.145. The highest BCUT2D eigenvalue weighted by Crippen LogP contribution is 2.29. The van der Waals surface area contributed by atoms with Gasteiger partial charge in [-0.2, -0.15) is 5.10 Å². The molecule has 1 fully saturated rings. The van der Waals surface area contributed by atoms with Crippen molar-refractivity contribution in [3.05, 3.63) is 21.6 Å². The molecule has 0 spiro atoms. The molecule has 2 atom stereocenters. The minimum Gasteiger partial charge on any atom is -0.481 e. The van der Waals surface area contributed by atoms with Crippen LogP contribution in [-0.2, 0) is 11.8 Å². The van der Waals surface area contributed by atoms with Crippen LogP contribution in [0.1, 0.15) is 13.3 Å². The minimum absolute atomic E-state index is 0.0933. The van der Waals surface area contributed by atoms with Crippen molar-refractivity contribution >= 4 is 23.3 Å². The van der Waals surface area contributed by atoms with E-state index in [0.29, 0.717) is 25.2 Å². The Morgan fingerprint density at radius 3 is 2.84 bits per heavy atom. The summed E-state index contributed by atoms with van der Waals surface area (Å²) >= 11 is 6.04. The van der Waals surface area contributed by atoms with Crippen molar-refractivity contribution in [3.8, 4) is 0 Å². The molecule has 19 heavy (non-hydrogen) atoms. The molecule has 1 aromatic rings. The number of carboxylic acid groups (broad SMARTS) is 1. The SMILES string of the molecule is CC1CC(C(=O)O)CN(c2cnn(C)c(=O)c2Cl)C1. The summed E-state index contributed by atoms with van der Waals surface area (Å²) in [6.45, 7) is 3.02. The predicted octanol–water partition coefficient (Wildman–Crippen LogP) is 0.981. The molecule has 0 amide bonds. The molecule has 6 nitrogen and oxygen atoms in total. The minimum atomic E-state index is -0.815. The first-order chi connectivity index (χ1) is 8.90. The topological polar surface area (TPSA) is 75.4 Å². The van der Waals surface area contributed by atoms with Gasteiger partial charge in [-0.3, -0.25) is 9.59 Å². The molecule has 1 N–H and O–H groups in total. The van der Waals surface area contributed by atoms with Crippen molar-refractivity contribution in [2.24, 2.45) is 18.9 Å². The number of nitrogens with zero attached hydrogens (tertiary/aromatic N) is 3. The number of carbonyl (C=O) groups is 1. The number of aryl methyl sites for hydroxylation is 1. The van der Waals surface area contributed by atoms with Gasteiger partial charge in [0.25, 0.3) is 5.56 Å². The van der Waals surface area contributed by atoms with Gasteiger partial charge in [0.1, 0.15) is 5.02 Å². The number of rotatable bonds is 2. The van der Waals surface area contributed by atoms with Gasteiger partial charge in [0, 0.05) is 20.1 Å². The Bertz CT molecular complexity index is 558. The third kappa shape index (κ3) is 2.73. The summed E-state index contributed by atoms with van der Waals surface area (Å²) in [5, 5.41) is 13.2. The molecule has 0 saturated carbocycles. The van der Waals surface area contributed by atoms with Crippen LogP contribution < -0.4 is 10.5 Å². The molecule has 7 heteroatoms. The maximum atomic E-state index is 11.8. The fourth-order valence-electron chi connectivity index (χ4n) is 2.45. The lowest BCUT2D eigenvalue weighted by Crippen LogP contribution is -2.43. The average molecular weight is 286 g/mol. The third-order valence-electron chi connectivity index (χ3n) is 3.41. The Kier molecular flexibility index (Phi) is 3.80. The summed E-state index contributed by atoms with van der Waals surface area (Å²) in [5.74, 6) is -1.02. The van der Waals surface area contributed by atoms with Crippen molar-refractivity contribution in [1.82, 2.24) is 9.78 Å². The van der Waals surface area contributed by atoms with E-state index in [-0.39, 0.29) is 16.5 Å². The van der Waals surface area contributed by atoms with Crippen molar-refractivity contribution in [2.75, 3.05) is 18.0 Å². The predicted molar refractivity (Wildman–Crippen MR) is 71.6 cm³/mol. The number of aliphatic carboxylic acids is 1. The first kappa shape index (κ1) is 13.9. The van der Waals surface area contributed by atoms with Gasteiger partial charge in [-0.05, 0) is 12.3 Å². The number of carboxylic acids is 1. The summed E-state index contributed by atoms with van der Waals surface area (Å²) < 4.78 is 1.16. The molecule has 0 bridgehead atoms. The van der Waals surface area contributed by atoms with Crippen LogP contribution in [-0.4, -0.2) is 33.9 Å². The molecule has 1 aromatic heterocycles. The molecule has 1 aliphatic heterocycles. The molecule has 2 rings (SSSR count). The number of anilines is 1. The largest absolute Gasteiger partial charge is 0.481 e. The van der Waals surface area contributed by atoms with E-state index in [4.69, 9.17) is 16.7 Å². The second kappa shape index (κ2) is 5.21. The summed E-state index contributed by atoms with van der Waals surface area (Å²) in [7, 11) is 1.52. The van der Waals surface area contributed by atoms with E-state index in [1.807, 2.05) is 11.8 Å². The van der Waals surface area contributed by atoms with Gasteiger partial charge in [-0.25, -0.2) is 4.68 Å². The maximum absolute atomic E-state index is 11.8. The van der Waals surface area contributed by atoms with Crippen molar-refractivity contribution in [2.45, 2.75) is 13.3 Å². The molecule has 1 aliphatic rings. The Labute approximate surface area is 115 Å². The van der Waals surface area contributed by atoms with Crippen LogP contribution in [0.15, 0.2) is 11.0 Å². The number of hydrogen-bond acceptors (Lipinski definition) is 4. The summed E-state index contributed by atoms with van der Waals surface area (Å²) in [6.07, 6.45) is 2.16. The molecule has 104 valence electrons. The molecule has 0 aliphatic carbocycles. The highest BCUT2D eigenvalue weighted by Gasteiger charge is 2.31. The van der Waals surface area contributed by atoms with Gasteiger partial charge in [-0.1, -0.05) is 18.5 Å². The number of aromatic nitrogens is 2. The second-order valence-electron chi connectivity index (χ2n) is 5.05. The average Bonchev–Trinajstić information content (AvgIpc) is 2.35. The molecular weight excluding hydrogens is 270 g/mol. The molecule has 0 radical (unpaired) electrons. The van der Waals surface area contributed by atoms with Crippen LogP contribution in [0.4, 0.5) is 5.69 Å². The zero-order valence-electron chi connectivity index (χ0n) is 10.8. The van der Waals surface area contributed by atoms with E-state index in [9.17, 15) is 9.59 Å². The fourth-order valence-corrected chi connectivity index (χ4v) is 2.74. The van der Waals surface area contributed by atoms with Gasteiger partial charge >= 0.3 is 5.97 Å². The zero-order valence-corrected chi connectivity index (χ0v) is 11.6. The molecule has 2 heterocycles. The first-order valence-electron chi connectivity index (χ1n) is 6.09. The molecular formula is C12H16ClN3O3. The molecule has 2 unspecified atom stereocenters. The van der Waals surface area contributed by atoms with E-state index in [2.05, 4.69) is 5.10 Å². The zero-order chi connectivity index (χ0) is 14.2. The van der Waals surface area contributed by atoms with Gasteiger partial charge in [0.15, 0.2) is 0 Å². The van der Waals surface area contributed by atoms with Gasteiger partial charge in [-0.15, -0.1) is 0 Å². The van der Waals surface area contributed by atoms with Crippen LogP contribution in [0, 0.1) is 11.8 Å². The number of piperidine rings is 1. The monoisotopic (exact) mass is 285 g/mol. The van der Waals surface area contributed by atoms with Gasteiger partial charge in [0.05, 0.1) is 17.8 Å². The van der Waals surface area contributed by atoms with Crippen molar-refractivity contribution in [1.29, 1.82) is 0 Å². The summed E-state index contributed by atoms with van der Waals surface area (Å²) in [4.78, 5) is 24.7. The Balaban J connectivity index is 2.33. The Morgan fingerprint density at radius 1 is 1.53 bits per heavy atom. The van der Waals surface area contributed by atoms with Crippen molar-refractivity contribution < 1.29 is 9.90 Å². The van der Waals surface area contributed by atoms with Gasteiger partial charge in [0.2, 0.25) is 0 Å². The Hall–Kier alpha value is -1.56. The van der Waals surface area contributed by atoms with Crippen LogP contribution in [0.5, 0.6) is 0 Å². The Morgan fingerprint density at radius 2 is 2.21 bits per heavy atom. The standard InChI is InChI=1S/C12H16ClN3O3/c1-7-3-8(12(18)19)6-16(5-7)9-4-14-15(2)11(17)10(9)13/h4,7-8H,3,5-6H2,1-2H3,(H,18,19). The smallest absolute Gasteiger partial charge is 0.308 e. The van der Waals surface area contributed by atoms with Gasteiger partial charge < -0.3 is 10.0 Å². The van der Waals surface area contributed by atoms with Crippen molar-refractivity contribution in [3.63, 3.8) is 0 Å². The summed E-state index contributed by atoms with van der Waals surface area (Å²) in [6, 6.07) is 0. The van der Waals surface area contributed by atoms with Crippen LogP contribution in [0.25, 0.3) is 0 Å². The molecule has 0 aromatic carbocycles. The van der Waals surface area contributed by atoms with E-state index < -0.39 is 11.9 Å². The first-order valence-corrected chi connectivity index (χ1v) is 6.47. The van der Waals surface area contributed by atoms with Crippen LogP contribution in [0.2, 0.25) is 5.02 Å². The highest BCUT2D eigenvalue weighted by atomic mass is 35.5.